The molecule has 4 nitrogen and oxygen atoms in total. The van der Waals surface area contributed by atoms with Gasteiger partial charge in [0, 0.05) is 26.4 Å². The van der Waals surface area contributed by atoms with Crippen molar-refractivity contribution in [2.45, 2.75) is 6.42 Å². The van der Waals surface area contributed by atoms with Crippen LogP contribution in [-0.2, 0) is 4.74 Å². The number of amides is 1. The smallest absolute Gasteiger partial charge is 0.257 e. The van der Waals surface area contributed by atoms with E-state index in [1.807, 2.05) is 6.08 Å². The first-order valence-electron chi connectivity index (χ1n) is 5.89. The van der Waals surface area contributed by atoms with Crippen molar-refractivity contribution in [3.05, 3.63) is 41.2 Å². The molecule has 1 aromatic heterocycles. The number of aromatic nitrogens is 1. The Morgan fingerprint density at radius 2 is 2.32 bits per heavy atom. The molecule has 0 aliphatic carbocycles. The van der Waals surface area contributed by atoms with Gasteiger partial charge in [-0.3, -0.25) is 4.79 Å². The summed E-state index contributed by atoms with van der Waals surface area (Å²) in [4.78, 5) is 16.7. The fraction of sp³-hybridized carbons (Fsp3) is 0.385. The van der Waals surface area contributed by atoms with Crippen LogP contribution in [-0.4, -0.2) is 42.6 Å². The molecule has 19 heavy (non-hydrogen) atoms. The van der Waals surface area contributed by atoms with Gasteiger partial charge < -0.3 is 9.64 Å². The minimum atomic E-state index is -1.25. The highest BCUT2D eigenvalue weighted by Gasteiger charge is 2.23. The number of hydrogen-bond acceptors (Lipinski definition) is 3. The van der Waals surface area contributed by atoms with Crippen LogP contribution >= 0.6 is 0 Å². The standard InChI is InChI=1S/C13H14F2N2O2/c1-19-8-9-3-6-17(7-4-9)13(18)10-2-5-16-12(15)11(10)14/h2-3,5H,4,6-8H2,1H3. The molecule has 0 spiro atoms. The van der Waals surface area contributed by atoms with Crippen LogP contribution in [0.3, 0.4) is 0 Å². The molecule has 1 aliphatic rings. The van der Waals surface area contributed by atoms with Gasteiger partial charge >= 0.3 is 0 Å². The lowest BCUT2D eigenvalue weighted by Gasteiger charge is -2.26. The van der Waals surface area contributed by atoms with Crippen molar-refractivity contribution < 1.29 is 18.3 Å². The van der Waals surface area contributed by atoms with Crippen molar-refractivity contribution in [2.24, 2.45) is 0 Å². The van der Waals surface area contributed by atoms with Gasteiger partial charge in [0.15, 0.2) is 5.82 Å². The van der Waals surface area contributed by atoms with E-state index in [0.29, 0.717) is 26.1 Å². The molecule has 0 radical (unpaired) electrons. The number of ether oxygens (including phenoxy) is 1. The highest BCUT2D eigenvalue weighted by Crippen LogP contribution is 2.16. The summed E-state index contributed by atoms with van der Waals surface area (Å²) in [6.07, 6.45) is 3.64. The van der Waals surface area contributed by atoms with E-state index in [1.165, 1.54) is 11.0 Å². The average Bonchev–Trinajstić information content (AvgIpc) is 2.42. The fourth-order valence-corrected chi connectivity index (χ4v) is 1.97. The van der Waals surface area contributed by atoms with Crippen LogP contribution in [0.4, 0.5) is 8.78 Å². The quantitative estimate of drug-likeness (QED) is 0.620. The lowest BCUT2D eigenvalue weighted by atomic mass is 10.1. The van der Waals surface area contributed by atoms with Crippen LogP contribution in [0.1, 0.15) is 16.8 Å². The Morgan fingerprint density at radius 3 is 2.95 bits per heavy atom. The maximum absolute atomic E-state index is 13.5. The Labute approximate surface area is 109 Å². The number of carbonyl (C=O) groups excluding carboxylic acids is 1. The first-order chi connectivity index (χ1) is 9.13. The predicted octanol–water partition coefficient (Wildman–Crippen LogP) is 1.78. The Kier molecular flexibility index (Phi) is 4.21. The average molecular weight is 268 g/mol. The van der Waals surface area contributed by atoms with Crippen LogP contribution in [0.25, 0.3) is 0 Å². The summed E-state index contributed by atoms with van der Waals surface area (Å²) in [7, 11) is 1.60. The van der Waals surface area contributed by atoms with E-state index < -0.39 is 17.7 Å². The fourth-order valence-electron chi connectivity index (χ4n) is 1.97. The lowest BCUT2D eigenvalue weighted by Crippen LogP contribution is -2.36. The SMILES string of the molecule is COCC1=CCN(C(=O)c2ccnc(F)c2F)CC1. The lowest BCUT2D eigenvalue weighted by molar-refractivity contribution is 0.0758. The van der Waals surface area contributed by atoms with E-state index >= 15 is 0 Å². The second kappa shape index (κ2) is 5.88. The van der Waals surface area contributed by atoms with Crippen molar-refractivity contribution in [1.82, 2.24) is 9.88 Å². The van der Waals surface area contributed by atoms with Crippen LogP contribution in [0.2, 0.25) is 0 Å². The number of pyridine rings is 1. The molecular weight excluding hydrogens is 254 g/mol. The van der Waals surface area contributed by atoms with Gasteiger partial charge in [0.1, 0.15) is 0 Å². The molecule has 102 valence electrons. The number of carbonyl (C=O) groups is 1. The number of hydrogen-bond donors (Lipinski definition) is 0. The maximum Gasteiger partial charge on any atom is 0.257 e. The molecule has 0 N–H and O–H groups in total. The zero-order valence-corrected chi connectivity index (χ0v) is 10.5. The molecular formula is C13H14F2N2O2. The van der Waals surface area contributed by atoms with Gasteiger partial charge in [-0.25, -0.2) is 9.37 Å². The molecule has 2 rings (SSSR count). The largest absolute Gasteiger partial charge is 0.380 e. The summed E-state index contributed by atoms with van der Waals surface area (Å²) in [5, 5.41) is 0. The summed E-state index contributed by atoms with van der Waals surface area (Å²) < 4.78 is 31.5. The molecule has 1 amide bonds. The van der Waals surface area contributed by atoms with E-state index in [2.05, 4.69) is 4.98 Å². The van der Waals surface area contributed by atoms with Crippen LogP contribution in [0, 0.1) is 11.8 Å². The third-order valence-corrected chi connectivity index (χ3v) is 3.00. The molecule has 6 heteroatoms. The molecule has 0 bridgehead atoms. The Bertz CT molecular complexity index is 517. The Hall–Kier alpha value is -1.82. The van der Waals surface area contributed by atoms with Crippen molar-refractivity contribution >= 4 is 5.91 Å². The summed E-state index contributed by atoms with van der Waals surface area (Å²) >= 11 is 0. The van der Waals surface area contributed by atoms with Gasteiger partial charge in [-0.2, -0.15) is 4.39 Å². The van der Waals surface area contributed by atoms with Crippen molar-refractivity contribution in [3.8, 4) is 0 Å². The van der Waals surface area contributed by atoms with E-state index in [-0.39, 0.29) is 5.56 Å². The van der Waals surface area contributed by atoms with E-state index in [9.17, 15) is 13.6 Å². The summed E-state index contributed by atoms with van der Waals surface area (Å²) in [6.45, 7) is 1.37. The van der Waals surface area contributed by atoms with Crippen molar-refractivity contribution in [2.75, 3.05) is 26.8 Å². The summed E-state index contributed by atoms with van der Waals surface area (Å²) in [5.41, 5.74) is 0.823. The third-order valence-electron chi connectivity index (χ3n) is 3.00. The minimum Gasteiger partial charge on any atom is -0.380 e. The van der Waals surface area contributed by atoms with Gasteiger partial charge in [0.2, 0.25) is 5.95 Å². The summed E-state index contributed by atoms with van der Waals surface area (Å²) in [5.74, 6) is -2.97. The van der Waals surface area contributed by atoms with Gasteiger partial charge in [0.25, 0.3) is 5.91 Å². The zero-order valence-electron chi connectivity index (χ0n) is 10.5. The van der Waals surface area contributed by atoms with Gasteiger partial charge in [0.05, 0.1) is 12.2 Å². The van der Waals surface area contributed by atoms with Crippen LogP contribution in [0.5, 0.6) is 0 Å². The summed E-state index contributed by atoms with van der Waals surface area (Å²) in [6, 6.07) is 1.19. The number of rotatable bonds is 3. The maximum atomic E-state index is 13.5. The molecule has 0 saturated heterocycles. The molecule has 0 saturated carbocycles. The predicted molar refractivity (Wildman–Crippen MR) is 64.6 cm³/mol. The molecule has 0 unspecified atom stereocenters. The third kappa shape index (κ3) is 2.96. The first kappa shape index (κ1) is 13.6. The molecule has 1 aliphatic heterocycles. The minimum absolute atomic E-state index is 0.281. The van der Waals surface area contributed by atoms with E-state index in [1.54, 1.807) is 7.11 Å². The van der Waals surface area contributed by atoms with E-state index in [0.717, 1.165) is 11.8 Å². The van der Waals surface area contributed by atoms with Gasteiger partial charge in [-0.05, 0) is 18.1 Å². The van der Waals surface area contributed by atoms with Gasteiger partial charge in [-0.15, -0.1) is 0 Å². The first-order valence-corrected chi connectivity index (χ1v) is 5.89. The highest BCUT2D eigenvalue weighted by molar-refractivity contribution is 5.94. The monoisotopic (exact) mass is 268 g/mol. The topological polar surface area (TPSA) is 42.4 Å². The zero-order chi connectivity index (χ0) is 13.8. The van der Waals surface area contributed by atoms with Crippen molar-refractivity contribution in [1.29, 1.82) is 0 Å². The van der Waals surface area contributed by atoms with Crippen LogP contribution in [0.15, 0.2) is 23.9 Å². The molecule has 0 atom stereocenters. The number of nitrogens with zero attached hydrogens (tertiary/aromatic N) is 2. The number of methoxy groups -OCH3 is 1. The second-order valence-corrected chi connectivity index (χ2v) is 4.26. The van der Waals surface area contributed by atoms with E-state index in [4.69, 9.17) is 4.74 Å². The van der Waals surface area contributed by atoms with Crippen LogP contribution < -0.4 is 0 Å². The normalized spacial score (nSPS) is 15.3. The Morgan fingerprint density at radius 1 is 1.53 bits per heavy atom. The second-order valence-electron chi connectivity index (χ2n) is 4.26. The Balaban J connectivity index is 2.12. The molecule has 2 heterocycles. The highest BCUT2D eigenvalue weighted by atomic mass is 19.2. The van der Waals surface area contributed by atoms with Crippen molar-refractivity contribution in [3.63, 3.8) is 0 Å². The molecule has 0 aromatic carbocycles. The van der Waals surface area contributed by atoms with Gasteiger partial charge in [-0.1, -0.05) is 6.08 Å². The molecule has 0 fully saturated rings. The number of halogens is 2. The molecule has 1 aromatic rings.